The summed E-state index contributed by atoms with van der Waals surface area (Å²) >= 11 is 0. The van der Waals surface area contributed by atoms with Gasteiger partial charge in [-0.1, -0.05) is 12.8 Å². The van der Waals surface area contributed by atoms with Crippen molar-refractivity contribution in [3.05, 3.63) is 0 Å². The number of aliphatic hydroxyl groups is 1. The van der Waals surface area contributed by atoms with Gasteiger partial charge in [0.25, 0.3) is 0 Å². The molecule has 1 aliphatic heterocycles. The second-order valence-electron chi connectivity index (χ2n) is 7.98. The van der Waals surface area contributed by atoms with Crippen LogP contribution < -0.4 is 0 Å². The van der Waals surface area contributed by atoms with Gasteiger partial charge in [-0.05, 0) is 59.8 Å². The zero-order valence-electron chi connectivity index (χ0n) is 13.8. The van der Waals surface area contributed by atoms with Crippen molar-refractivity contribution in [2.24, 2.45) is 0 Å². The van der Waals surface area contributed by atoms with Crippen molar-refractivity contribution < 1.29 is 9.84 Å². The van der Waals surface area contributed by atoms with E-state index in [1.807, 2.05) is 0 Å². The number of ether oxygens (including phenoxy) is 1. The highest BCUT2D eigenvalue weighted by molar-refractivity contribution is 4.97. The summed E-state index contributed by atoms with van der Waals surface area (Å²) in [6.07, 6.45) is 8.66. The fourth-order valence-corrected chi connectivity index (χ4v) is 4.10. The van der Waals surface area contributed by atoms with E-state index in [2.05, 4.69) is 32.6 Å². The van der Waals surface area contributed by atoms with Crippen molar-refractivity contribution in [2.75, 3.05) is 13.2 Å². The quantitative estimate of drug-likeness (QED) is 0.840. The standard InChI is InChI=1S/C17H33NO2/c1-16(2)10-7-11-17(3,4)18(16)12-14(19)13-20-15-8-5-6-9-15/h14-15,19H,5-13H2,1-4H3/t14-/m0/s1. The van der Waals surface area contributed by atoms with E-state index in [1.165, 1.54) is 44.9 Å². The number of rotatable bonds is 5. The molecule has 0 aromatic heterocycles. The molecule has 1 saturated heterocycles. The summed E-state index contributed by atoms with van der Waals surface area (Å²) in [5.74, 6) is 0. The van der Waals surface area contributed by atoms with Crippen molar-refractivity contribution >= 4 is 0 Å². The van der Waals surface area contributed by atoms with Crippen LogP contribution >= 0.6 is 0 Å². The van der Waals surface area contributed by atoms with Gasteiger partial charge in [-0.15, -0.1) is 0 Å². The lowest BCUT2D eigenvalue weighted by atomic mass is 9.79. The molecule has 1 atom stereocenters. The maximum atomic E-state index is 10.4. The molecule has 0 aromatic rings. The normalized spacial score (nSPS) is 28.6. The van der Waals surface area contributed by atoms with E-state index in [0.29, 0.717) is 12.7 Å². The van der Waals surface area contributed by atoms with Gasteiger partial charge < -0.3 is 9.84 Å². The number of aliphatic hydroxyl groups excluding tert-OH is 1. The van der Waals surface area contributed by atoms with Gasteiger partial charge >= 0.3 is 0 Å². The number of hydrogen-bond donors (Lipinski definition) is 1. The molecule has 1 saturated carbocycles. The maximum Gasteiger partial charge on any atom is 0.0900 e. The average molecular weight is 283 g/mol. The summed E-state index contributed by atoms with van der Waals surface area (Å²) in [5.41, 5.74) is 0.353. The Labute approximate surface area is 124 Å². The van der Waals surface area contributed by atoms with Crippen molar-refractivity contribution in [1.82, 2.24) is 4.90 Å². The van der Waals surface area contributed by atoms with Crippen LogP contribution in [-0.4, -0.2) is 46.4 Å². The summed E-state index contributed by atoms with van der Waals surface area (Å²) in [6.45, 7) is 10.4. The van der Waals surface area contributed by atoms with E-state index in [-0.39, 0.29) is 17.2 Å². The van der Waals surface area contributed by atoms with E-state index < -0.39 is 0 Å². The fraction of sp³-hybridized carbons (Fsp3) is 1.00. The van der Waals surface area contributed by atoms with Crippen LogP contribution in [0.1, 0.15) is 72.6 Å². The molecule has 1 N–H and O–H groups in total. The highest BCUT2D eigenvalue weighted by Crippen LogP contribution is 2.38. The molecule has 3 heteroatoms. The van der Waals surface area contributed by atoms with Crippen LogP contribution in [0.15, 0.2) is 0 Å². The third-order valence-corrected chi connectivity index (χ3v) is 5.26. The zero-order valence-corrected chi connectivity index (χ0v) is 13.8. The minimum absolute atomic E-state index is 0.177. The number of nitrogens with zero attached hydrogens (tertiary/aromatic N) is 1. The third-order valence-electron chi connectivity index (χ3n) is 5.26. The Morgan fingerprint density at radius 2 is 1.60 bits per heavy atom. The lowest BCUT2D eigenvalue weighted by Gasteiger charge is -2.53. The molecule has 0 aromatic carbocycles. The Kier molecular flexibility index (Phi) is 5.14. The first-order valence-corrected chi connectivity index (χ1v) is 8.39. The molecule has 0 unspecified atom stereocenters. The van der Waals surface area contributed by atoms with Crippen LogP contribution in [0.4, 0.5) is 0 Å². The van der Waals surface area contributed by atoms with Crippen LogP contribution in [0.2, 0.25) is 0 Å². The Bertz CT molecular complexity index is 292. The number of piperidine rings is 1. The molecule has 1 heterocycles. The maximum absolute atomic E-state index is 10.4. The van der Waals surface area contributed by atoms with Crippen LogP contribution in [0.5, 0.6) is 0 Å². The van der Waals surface area contributed by atoms with E-state index in [1.54, 1.807) is 0 Å². The second kappa shape index (κ2) is 6.33. The number of β-amino-alcohol motifs (C(OH)–C–C–N with tert-alkyl or cyclic N) is 1. The first-order chi connectivity index (χ1) is 9.31. The molecule has 20 heavy (non-hydrogen) atoms. The number of hydrogen-bond acceptors (Lipinski definition) is 3. The van der Waals surface area contributed by atoms with Gasteiger partial charge in [-0.2, -0.15) is 0 Å². The summed E-state index contributed by atoms with van der Waals surface area (Å²) < 4.78 is 5.87. The lowest BCUT2D eigenvalue weighted by molar-refractivity contribution is -0.0780. The minimum Gasteiger partial charge on any atom is -0.389 e. The molecule has 0 amide bonds. The Hall–Kier alpha value is -0.120. The van der Waals surface area contributed by atoms with E-state index in [9.17, 15) is 5.11 Å². The van der Waals surface area contributed by atoms with Gasteiger partial charge in [0.15, 0.2) is 0 Å². The highest BCUT2D eigenvalue weighted by atomic mass is 16.5. The van der Waals surface area contributed by atoms with Crippen molar-refractivity contribution in [3.8, 4) is 0 Å². The molecular formula is C17H33NO2. The third kappa shape index (κ3) is 3.96. The molecule has 0 bridgehead atoms. The monoisotopic (exact) mass is 283 g/mol. The topological polar surface area (TPSA) is 32.7 Å². The predicted octanol–water partition coefficient (Wildman–Crippen LogP) is 3.35. The van der Waals surface area contributed by atoms with Gasteiger partial charge in [0, 0.05) is 17.6 Å². The minimum atomic E-state index is -0.368. The molecule has 118 valence electrons. The molecule has 2 fully saturated rings. The van der Waals surface area contributed by atoms with Crippen LogP contribution in [-0.2, 0) is 4.74 Å². The van der Waals surface area contributed by atoms with E-state index in [0.717, 1.165) is 6.54 Å². The van der Waals surface area contributed by atoms with Crippen LogP contribution in [0, 0.1) is 0 Å². The summed E-state index contributed by atoms with van der Waals surface area (Å²) in [6, 6.07) is 0. The lowest BCUT2D eigenvalue weighted by Crippen LogP contribution is -2.60. The van der Waals surface area contributed by atoms with Gasteiger partial charge in [0.05, 0.1) is 18.8 Å². The first kappa shape index (κ1) is 16.3. The largest absolute Gasteiger partial charge is 0.389 e. The van der Waals surface area contributed by atoms with Crippen molar-refractivity contribution in [1.29, 1.82) is 0 Å². The second-order valence-corrected chi connectivity index (χ2v) is 7.98. The Morgan fingerprint density at radius 3 is 2.15 bits per heavy atom. The van der Waals surface area contributed by atoms with Crippen molar-refractivity contribution in [2.45, 2.75) is 95.9 Å². The molecule has 0 radical (unpaired) electrons. The fourth-order valence-electron chi connectivity index (χ4n) is 4.10. The molecule has 3 nitrogen and oxygen atoms in total. The summed E-state index contributed by atoms with van der Waals surface area (Å²) in [7, 11) is 0. The molecule has 1 aliphatic carbocycles. The zero-order chi connectivity index (χ0) is 14.8. The first-order valence-electron chi connectivity index (χ1n) is 8.39. The average Bonchev–Trinajstić information content (AvgIpc) is 2.84. The summed E-state index contributed by atoms with van der Waals surface area (Å²) in [5, 5.41) is 10.4. The Balaban J connectivity index is 1.85. The highest BCUT2D eigenvalue weighted by Gasteiger charge is 2.41. The van der Waals surface area contributed by atoms with Crippen molar-refractivity contribution in [3.63, 3.8) is 0 Å². The molecule has 2 rings (SSSR count). The van der Waals surface area contributed by atoms with E-state index >= 15 is 0 Å². The van der Waals surface area contributed by atoms with Gasteiger partial charge in [0.1, 0.15) is 0 Å². The summed E-state index contributed by atoms with van der Waals surface area (Å²) in [4.78, 5) is 2.49. The Morgan fingerprint density at radius 1 is 1.05 bits per heavy atom. The van der Waals surface area contributed by atoms with E-state index in [4.69, 9.17) is 4.74 Å². The molecule has 2 aliphatic rings. The van der Waals surface area contributed by atoms with Gasteiger partial charge in [-0.3, -0.25) is 4.90 Å². The number of likely N-dealkylation sites (tertiary alicyclic amines) is 1. The predicted molar refractivity (Wildman–Crippen MR) is 82.9 cm³/mol. The van der Waals surface area contributed by atoms with Gasteiger partial charge in [0.2, 0.25) is 0 Å². The molecule has 0 spiro atoms. The SMILES string of the molecule is CC1(C)CCCC(C)(C)N1C[C@H](O)COC1CCCC1. The smallest absolute Gasteiger partial charge is 0.0900 e. The van der Waals surface area contributed by atoms with Crippen LogP contribution in [0.3, 0.4) is 0 Å². The van der Waals surface area contributed by atoms with Gasteiger partial charge in [-0.25, -0.2) is 0 Å². The molecular weight excluding hydrogens is 250 g/mol. The van der Waals surface area contributed by atoms with Crippen LogP contribution in [0.25, 0.3) is 0 Å².